The van der Waals surface area contributed by atoms with Gasteiger partial charge in [0.05, 0.1) is 10.6 Å². The number of hydrogen-bond donors (Lipinski definition) is 1. The highest BCUT2D eigenvalue weighted by Crippen LogP contribution is 2.41. The SMILES string of the molecule is CCOCCCNC(=O)CCCN1c2cccc3cccc(c23)S1(=O)=O. The topological polar surface area (TPSA) is 75.7 Å². The Bertz CT molecular complexity index is 890. The van der Waals surface area contributed by atoms with E-state index < -0.39 is 10.0 Å². The lowest BCUT2D eigenvalue weighted by molar-refractivity contribution is -0.121. The molecule has 2 aromatic carbocycles. The summed E-state index contributed by atoms with van der Waals surface area (Å²) in [5.74, 6) is -0.0613. The normalized spacial score (nSPS) is 14.7. The zero-order valence-corrected chi connectivity index (χ0v) is 15.7. The number of amides is 1. The number of carbonyl (C=O) groups excluding carboxylic acids is 1. The summed E-state index contributed by atoms with van der Waals surface area (Å²) < 4.78 is 32.3. The van der Waals surface area contributed by atoms with Crippen molar-refractivity contribution in [1.82, 2.24) is 5.32 Å². The average molecular weight is 376 g/mol. The van der Waals surface area contributed by atoms with Crippen molar-refractivity contribution < 1.29 is 17.9 Å². The first kappa shape index (κ1) is 18.7. The standard InChI is InChI=1S/C19H24N2O4S/c1-2-25-14-6-12-20-18(22)11-5-13-21-16-9-3-7-15-8-4-10-17(19(15)16)26(21,23)24/h3-4,7-10H,2,5-6,11-14H2,1H3,(H,20,22). The summed E-state index contributed by atoms with van der Waals surface area (Å²) in [4.78, 5) is 12.3. The number of benzene rings is 2. The monoisotopic (exact) mass is 376 g/mol. The highest BCUT2D eigenvalue weighted by atomic mass is 32.2. The number of sulfonamides is 1. The van der Waals surface area contributed by atoms with Crippen molar-refractivity contribution in [2.45, 2.75) is 31.1 Å². The van der Waals surface area contributed by atoms with Gasteiger partial charge in [-0.15, -0.1) is 0 Å². The van der Waals surface area contributed by atoms with Gasteiger partial charge < -0.3 is 10.1 Å². The molecule has 6 nitrogen and oxygen atoms in total. The van der Waals surface area contributed by atoms with Gasteiger partial charge in [-0.05, 0) is 37.3 Å². The van der Waals surface area contributed by atoms with Gasteiger partial charge in [0, 0.05) is 38.1 Å². The van der Waals surface area contributed by atoms with Crippen LogP contribution in [0.4, 0.5) is 5.69 Å². The minimum Gasteiger partial charge on any atom is -0.382 e. The van der Waals surface area contributed by atoms with Crippen LogP contribution in [0.3, 0.4) is 0 Å². The second kappa shape index (κ2) is 8.05. The third-order valence-electron chi connectivity index (χ3n) is 4.44. The molecule has 1 aliphatic rings. The van der Waals surface area contributed by atoms with Gasteiger partial charge in [0.25, 0.3) is 10.0 Å². The Morgan fingerprint density at radius 3 is 2.69 bits per heavy atom. The quantitative estimate of drug-likeness (QED) is 0.683. The lowest BCUT2D eigenvalue weighted by Crippen LogP contribution is -2.30. The van der Waals surface area contributed by atoms with Gasteiger partial charge in [-0.2, -0.15) is 0 Å². The van der Waals surface area contributed by atoms with Crippen molar-refractivity contribution in [3.63, 3.8) is 0 Å². The Labute approximate surface area is 154 Å². The van der Waals surface area contributed by atoms with Crippen LogP contribution < -0.4 is 9.62 Å². The summed E-state index contributed by atoms with van der Waals surface area (Å²) in [6.45, 7) is 4.11. The maximum atomic E-state index is 12.8. The van der Waals surface area contributed by atoms with Gasteiger partial charge in [-0.25, -0.2) is 8.42 Å². The molecule has 0 saturated carbocycles. The summed E-state index contributed by atoms with van der Waals surface area (Å²) in [6, 6.07) is 10.9. The molecular formula is C19H24N2O4S. The van der Waals surface area contributed by atoms with Crippen molar-refractivity contribution in [1.29, 1.82) is 0 Å². The summed E-state index contributed by atoms with van der Waals surface area (Å²) >= 11 is 0. The van der Waals surface area contributed by atoms with Crippen LogP contribution in [0.1, 0.15) is 26.2 Å². The van der Waals surface area contributed by atoms with E-state index in [1.54, 1.807) is 12.1 Å². The number of rotatable bonds is 9. The van der Waals surface area contributed by atoms with Crippen LogP contribution in [-0.4, -0.2) is 40.6 Å². The Kier molecular flexibility index (Phi) is 5.78. The lowest BCUT2D eigenvalue weighted by atomic mass is 10.1. The van der Waals surface area contributed by atoms with Crippen molar-refractivity contribution in [2.24, 2.45) is 0 Å². The van der Waals surface area contributed by atoms with Crippen LogP contribution in [0.2, 0.25) is 0 Å². The number of nitrogens with zero attached hydrogens (tertiary/aromatic N) is 1. The number of nitrogens with one attached hydrogen (secondary N) is 1. The Balaban J connectivity index is 1.58. The second-order valence-corrected chi connectivity index (χ2v) is 8.04. The molecule has 1 amide bonds. The van der Waals surface area contributed by atoms with Crippen molar-refractivity contribution in [3.8, 4) is 0 Å². The summed E-state index contributed by atoms with van der Waals surface area (Å²) in [5, 5.41) is 4.53. The molecular weight excluding hydrogens is 352 g/mol. The highest BCUT2D eigenvalue weighted by molar-refractivity contribution is 7.93. The molecule has 1 aliphatic heterocycles. The first-order valence-corrected chi connectivity index (χ1v) is 10.4. The first-order chi connectivity index (χ1) is 12.6. The molecule has 1 heterocycles. The Hall–Kier alpha value is -2.12. The lowest BCUT2D eigenvalue weighted by Gasteiger charge is -2.18. The molecule has 26 heavy (non-hydrogen) atoms. The van der Waals surface area contributed by atoms with E-state index in [1.165, 1.54) is 4.31 Å². The summed E-state index contributed by atoms with van der Waals surface area (Å²) in [5.41, 5.74) is 0.704. The van der Waals surface area contributed by atoms with Crippen LogP contribution in [0.15, 0.2) is 41.3 Å². The van der Waals surface area contributed by atoms with E-state index in [1.807, 2.05) is 31.2 Å². The smallest absolute Gasteiger partial charge is 0.265 e. The van der Waals surface area contributed by atoms with Gasteiger partial charge in [-0.1, -0.05) is 24.3 Å². The van der Waals surface area contributed by atoms with Gasteiger partial charge in [-0.3, -0.25) is 9.10 Å². The second-order valence-electron chi connectivity index (χ2n) is 6.21. The fourth-order valence-corrected chi connectivity index (χ4v) is 4.97. The van der Waals surface area contributed by atoms with E-state index in [0.29, 0.717) is 49.7 Å². The Morgan fingerprint density at radius 1 is 1.15 bits per heavy atom. The maximum absolute atomic E-state index is 12.8. The molecule has 140 valence electrons. The number of anilines is 1. The van der Waals surface area contributed by atoms with Crippen molar-refractivity contribution in [3.05, 3.63) is 36.4 Å². The van der Waals surface area contributed by atoms with Crippen LogP contribution in [0.5, 0.6) is 0 Å². The first-order valence-electron chi connectivity index (χ1n) is 8.94. The number of carbonyl (C=O) groups is 1. The van der Waals surface area contributed by atoms with Crippen molar-refractivity contribution >= 4 is 32.4 Å². The van der Waals surface area contributed by atoms with Crippen LogP contribution in [0, 0.1) is 0 Å². The van der Waals surface area contributed by atoms with Crippen molar-refractivity contribution in [2.75, 3.05) is 30.6 Å². The molecule has 0 saturated heterocycles. The zero-order chi connectivity index (χ0) is 18.6. The molecule has 7 heteroatoms. The minimum atomic E-state index is -3.54. The van der Waals surface area contributed by atoms with E-state index in [2.05, 4.69) is 5.32 Å². The fourth-order valence-electron chi connectivity index (χ4n) is 3.22. The van der Waals surface area contributed by atoms with Gasteiger partial charge in [0.2, 0.25) is 5.91 Å². The number of hydrogen-bond acceptors (Lipinski definition) is 4. The average Bonchev–Trinajstić information content (AvgIpc) is 2.85. The highest BCUT2D eigenvalue weighted by Gasteiger charge is 2.34. The fraction of sp³-hybridized carbons (Fsp3) is 0.421. The zero-order valence-electron chi connectivity index (χ0n) is 14.9. The molecule has 2 aromatic rings. The molecule has 0 aromatic heterocycles. The molecule has 0 bridgehead atoms. The molecule has 0 radical (unpaired) electrons. The largest absolute Gasteiger partial charge is 0.382 e. The predicted octanol–water partition coefficient (Wildman–Crippen LogP) is 2.67. The van der Waals surface area contributed by atoms with Gasteiger partial charge >= 0.3 is 0 Å². The van der Waals surface area contributed by atoms with Crippen LogP contribution >= 0.6 is 0 Å². The van der Waals surface area contributed by atoms with E-state index in [9.17, 15) is 13.2 Å². The van der Waals surface area contributed by atoms with Gasteiger partial charge in [0.1, 0.15) is 0 Å². The van der Waals surface area contributed by atoms with Crippen LogP contribution in [0.25, 0.3) is 10.8 Å². The molecule has 0 atom stereocenters. The summed E-state index contributed by atoms with van der Waals surface area (Å²) in [6.07, 6.45) is 1.55. The molecule has 1 N–H and O–H groups in total. The molecule has 0 fully saturated rings. The van der Waals surface area contributed by atoms with E-state index in [-0.39, 0.29) is 5.91 Å². The molecule has 0 spiro atoms. The van der Waals surface area contributed by atoms with Gasteiger partial charge in [0.15, 0.2) is 0 Å². The van der Waals surface area contributed by atoms with Crippen LogP contribution in [-0.2, 0) is 19.6 Å². The van der Waals surface area contributed by atoms with E-state index in [4.69, 9.17) is 4.74 Å². The molecule has 0 aliphatic carbocycles. The van der Waals surface area contributed by atoms with E-state index in [0.717, 1.165) is 17.2 Å². The predicted molar refractivity (Wildman–Crippen MR) is 102 cm³/mol. The Morgan fingerprint density at radius 2 is 1.92 bits per heavy atom. The maximum Gasteiger partial charge on any atom is 0.265 e. The third kappa shape index (κ3) is 3.68. The summed E-state index contributed by atoms with van der Waals surface area (Å²) in [7, 11) is -3.54. The third-order valence-corrected chi connectivity index (χ3v) is 6.29. The molecule has 3 rings (SSSR count). The minimum absolute atomic E-state index is 0.0613. The molecule has 0 unspecified atom stereocenters. The van der Waals surface area contributed by atoms with E-state index >= 15 is 0 Å². The number of ether oxygens (including phenoxy) is 1.